The van der Waals surface area contributed by atoms with Crippen molar-refractivity contribution in [2.24, 2.45) is 5.73 Å². The minimum absolute atomic E-state index is 0.0176. The van der Waals surface area contributed by atoms with Gasteiger partial charge < -0.3 is 15.5 Å². The smallest absolute Gasteiger partial charge is 0.239 e. The SMILES string of the molecule is CC(=O)N(CC1CCCCN1C(=O)[C@H](C)N)C1CC1. The molecule has 5 nitrogen and oxygen atoms in total. The largest absolute Gasteiger partial charge is 0.338 e. The van der Waals surface area contributed by atoms with Gasteiger partial charge in [0.25, 0.3) is 0 Å². The molecule has 0 bridgehead atoms. The van der Waals surface area contributed by atoms with Crippen LogP contribution >= 0.6 is 0 Å². The molecule has 19 heavy (non-hydrogen) atoms. The molecule has 1 unspecified atom stereocenters. The van der Waals surface area contributed by atoms with Crippen LogP contribution in [0.3, 0.4) is 0 Å². The molecule has 0 spiro atoms. The van der Waals surface area contributed by atoms with E-state index in [1.165, 1.54) is 0 Å². The number of hydrogen-bond donors (Lipinski definition) is 1. The second-order valence-corrected chi connectivity index (χ2v) is 5.87. The maximum absolute atomic E-state index is 12.1. The summed E-state index contributed by atoms with van der Waals surface area (Å²) in [6.07, 6.45) is 5.36. The lowest BCUT2D eigenvalue weighted by atomic mass is 10.0. The average molecular weight is 267 g/mol. The van der Waals surface area contributed by atoms with E-state index >= 15 is 0 Å². The Morgan fingerprint density at radius 3 is 2.53 bits per heavy atom. The van der Waals surface area contributed by atoms with Gasteiger partial charge in [-0.1, -0.05) is 0 Å². The Hall–Kier alpha value is -1.10. The van der Waals surface area contributed by atoms with E-state index in [2.05, 4.69) is 0 Å². The van der Waals surface area contributed by atoms with Crippen LogP contribution in [-0.4, -0.2) is 52.8 Å². The van der Waals surface area contributed by atoms with Crippen LogP contribution in [0.25, 0.3) is 0 Å². The highest BCUT2D eigenvalue weighted by Gasteiger charge is 2.36. The Morgan fingerprint density at radius 2 is 2.00 bits per heavy atom. The molecule has 2 rings (SSSR count). The van der Waals surface area contributed by atoms with E-state index in [1.807, 2.05) is 9.80 Å². The molecule has 2 amide bonds. The number of nitrogens with zero attached hydrogens (tertiary/aromatic N) is 2. The zero-order valence-corrected chi connectivity index (χ0v) is 12.0. The molecule has 1 aliphatic heterocycles. The normalized spacial score (nSPS) is 25.0. The van der Waals surface area contributed by atoms with E-state index in [-0.39, 0.29) is 17.9 Å². The Morgan fingerprint density at radius 1 is 1.32 bits per heavy atom. The number of nitrogens with two attached hydrogens (primary N) is 1. The van der Waals surface area contributed by atoms with Crippen LogP contribution in [0.4, 0.5) is 0 Å². The number of piperidine rings is 1. The lowest BCUT2D eigenvalue weighted by Crippen LogP contribution is -2.54. The van der Waals surface area contributed by atoms with E-state index in [0.717, 1.165) is 38.6 Å². The standard InChI is InChI=1S/C14H25N3O2/c1-10(15)14(19)16-8-4-3-5-13(16)9-17(11(2)18)12-6-7-12/h10,12-13H,3-9,15H2,1-2H3/t10-,13?/m0/s1. The predicted molar refractivity (Wildman–Crippen MR) is 73.4 cm³/mol. The van der Waals surface area contributed by atoms with Gasteiger partial charge in [0.2, 0.25) is 11.8 Å². The molecule has 1 saturated carbocycles. The maximum Gasteiger partial charge on any atom is 0.239 e. The zero-order chi connectivity index (χ0) is 14.0. The number of amides is 2. The third-order valence-electron chi connectivity index (χ3n) is 4.10. The molecule has 2 aliphatic rings. The second kappa shape index (κ2) is 5.90. The molecule has 0 aromatic carbocycles. The highest BCUT2D eigenvalue weighted by atomic mass is 16.2. The Balaban J connectivity index is 2.02. The van der Waals surface area contributed by atoms with Gasteiger partial charge in [-0.2, -0.15) is 0 Å². The van der Waals surface area contributed by atoms with Gasteiger partial charge in [0, 0.05) is 32.1 Å². The second-order valence-electron chi connectivity index (χ2n) is 5.87. The van der Waals surface area contributed by atoms with E-state index in [1.54, 1.807) is 13.8 Å². The van der Waals surface area contributed by atoms with Gasteiger partial charge >= 0.3 is 0 Å². The number of carbonyl (C=O) groups excluding carboxylic acids is 2. The highest BCUT2D eigenvalue weighted by Crippen LogP contribution is 2.29. The Kier molecular flexibility index (Phi) is 4.45. The summed E-state index contributed by atoms with van der Waals surface area (Å²) in [4.78, 5) is 27.7. The third-order valence-corrected chi connectivity index (χ3v) is 4.10. The van der Waals surface area contributed by atoms with Crippen molar-refractivity contribution < 1.29 is 9.59 Å². The summed E-state index contributed by atoms with van der Waals surface area (Å²) in [5.74, 6) is 0.144. The molecule has 2 fully saturated rings. The van der Waals surface area contributed by atoms with Crippen molar-refractivity contribution in [2.75, 3.05) is 13.1 Å². The van der Waals surface area contributed by atoms with Crippen molar-refractivity contribution in [3.8, 4) is 0 Å². The summed E-state index contributed by atoms with van der Waals surface area (Å²) in [6.45, 7) is 4.82. The summed E-state index contributed by atoms with van der Waals surface area (Å²) in [6, 6.07) is 0.107. The fraction of sp³-hybridized carbons (Fsp3) is 0.857. The summed E-state index contributed by atoms with van der Waals surface area (Å²) < 4.78 is 0. The monoisotopic (exact) mass is 267 g/mol. The lowest BCUT2D eigenvalue weighted by molar-refractivity contribution is -0.139. The predicted octanol–water partition coefficient (Wildman–Crippen LogP) is 0.726. The van der Waals surface area contributed by atoms with E-state index in [0.29, 0.717) is 12.6 Å². The number of rotatable bonds is 4. The molecule has 2 N–H and O–H groups in total. The third kappa shape index (κ3) is 3.47. The van der Waals surface area contributed by atoms with Crippen molar-refractivity contribution in [1.82, 2.24) is 9.80 Å². The van der Waals surface area contributed by atoms with Gasteiger partial charge in [-0.15, -0.1) is 0 Å². The van der Waals surface area contributed by atoms with Gasteiger partial charge in [-0.3, -0.25) is 9.59 Å². The molecule has 5 heteroatoms. The highest BCUT2D eigenvalue weighted by molar-refractivity contribution is 5.81. The van der Waals surface area contributed by atoms with Crippen LogP contribution in [-0.2, 0) is 9.59 Å². The molecule has 2 atom stereocenters. The summed E-state index contributed by atoms with van der Waals surface area (Å²) in [5, 5.41) is 0. The molecular formula is C14H25N3O2. The molecule has 0 radical (unpaired) electrons. The van der Waals surface area contributed by atoms with Gasteiger partial charge in [0.15, 0.2) is 0 Å². The van der Waals surface area contributed by atoms with Crippen LogP contribution in [0.2, 0.25) is 0 Å². The fourth-order valence-corrected chi connectivity index (χ4v) is 2.89. The number of likely N-dealkylation sites (tertiary alicyclic amines) is 1. The van der Waals surface area contributed by atoms with Gasteiger partial charge in [-0.25, -0.2) is 0 Å². The van der Waals surface area contributed by atoms with Crippen molar-refractivity contribution in [2.45, 2.75) is 64.1 Å². The number of hydrogen-bond acceptors (Lipinski definition) is 3. The average Bonchev–Trinajstić information content (AvgIpc) is 3.19. The first-order valence-corrected chi connectivity index (χ1v) is 7.34. The summed E-state index contributed by atoms with van der Waals surface area (Å²) >= 11 is 0. The minimum atomic E-state index is -0.452. The Bertz CT molecular complexity index is 353. The molecule has 108 valence electrons. The molecule has 0 aromatic heterocycles. The van der Waals surface area contributed by atoms with Crippen molar-refractivity contribution in [3.05, 3.63) is 0 Å². The van der Waals surface area contributed by atoms with E-state index in [9.17, 15) is 9.59 Å². The van der Waals surface area contributed by atoms with Gasteiger partial charge in [0.05, 0.1) is 6.04 Å². The first-order chi connectivity index (χ1) is 9.00. The first kappa shape index (κ1) is 14.3. The quantitative estimate of drug-likeness (QED) is 0.816. The molecule has 1 saturated heterocycles. The first-order valence-electron chi connectivity index (χ1n) is 7.34. The number of carbonyl (C=O) groups is 2. The van der Waals surface area contributed by atoms with Crippen molar-refractivity contribution in [1.29, 1.82) is 0 Å². The summed E-state index contributed by atoms with van der Waals surface area (Å²) in [7, 11) is 0. The molecule has 1 aliphatic carbocycles. The summed E-state index contributed by atoms with van der Waals surface area (Å²) in [5.41, 5.74) is 5.72. The van der Waals surface area contributed by atoms with Crippen LogP contribution in [0.5, 0.6) is 0 Å². The fourth-order valence-electron chi connectivity index (χ4n) is 2.89. The lowest BCUT2D eigenvalue weighted by Gasteiger charge is -2.39. The van der Waals surface area contributed by atoms with E-state index < -0.39 is 6.04 Å². The van der Waals surface area contributed by atoms with Crippen LogP contribution in [0, 0.1) is 0 Å². The van der Waals surface area contributed by atoms with E-state index in [4.69, 9.17) is 5.73 Å². The molecule has 0 aromatic rings. The van der Waals surface area contributed by atoms with Crippen LogP contribution in [0.1, 0.15) is 46.0 Å². The maximum atomic E-state index is 12.1. The van der Waals surface area contributed by atoms with Crippen LogP contribution in [0.15, 0.2) is 0 Å². The van der Waals surface area contributed by atoms with Gasteiger partial charge in [-0.05, 0) is 39.0 Å². The Labute approximate surface area is 115 Å². The minimum Gasteiger partial charge on any atom is -0.338 e. The van der Waals surface area contributed by atoms with Crippen LogP contribution < -0.4 is 5.73 Å². The van der Waals surface area contributed by atoms with Gasteiger partial charge in [0.1, 0.15) is 0 Å². The zero-order valence-electron chi connectivity index (χ0n) is 12.0. The topological polar surface area (TPSA) is 66.6 Å². The van der Waals surface area contributed by atoms with Crippen molar-refractivity contribution in [3.63, 3.8) is 0 Å². The molecular weight excluding hydrogens is 242 g/mol. The molecule has 1 heterocycles. The van der Waals surface area contributed by atoms with Crippen molar-refractivity contribution >= 4 is 11.8 Å².